The normalized spacial score (nSPS) is 15.3. The Balaban J connectivity index is 0.000000537. The molecule has 0 aromatic heterocycles. The third-order valence-electron chi connectivity index (χ3n) is 4.74. The molecule has 0 amide bonds. The number of benzene rings is 2. The van der Waals surface area contributed by atoms with Crippen LogP contribution in [0.4, 0.5) is 0 Å². The SMILES string of the molecule is CS(=O)(=O)O.Cc1cc(C)c(CN2CCN(/N=C/c3ccccc3)CC2)c(C)c1. The van der Waals surface area contributed by atoms with Crippen molar-refractivity contribution in [1.82, 2.24) is 9.91 Å². The van der Waals surface area contributed by atoms with Crippen LogP contribution in [-0.2, 0) is 16.7 Å². The highest BCUT2D eigenvalue weighted by Gasteiger charge is 2.17. The maximum Gasteiger partial charge on any atom is 0.261 e. The van der Waals surface area contributed by atoms with Gasteiger partial charge in [-0.2, -0.15) is 13.5 Å². The van der Waals surface area contributed by atoms with E-state index in [1.807, 2.05) is 24.4 Å². The minimum absolute atomic E-state index is 0.715. The summed E-state index contributed by atoms with van der Waals surface area (Å²) in [5.41, 5.74) is 6.83. The lowest BCUT2D eigenvalue weighted by Gasteiger charge is -2.33. The molecule has 0 saturated carbocycles. The molecule has 0 aliphatic carbocycles. The molecule has 0 atom stereocenters. The number of piperazine rings is 1. The van der Waals surface area contributed by atoms with Crippen LogP contribution < -0.4 is 0 Å². The van der Waals surface area contributed by atoms with Crippen LogP contribution in [0.15, 0.2) is 47.6 Å². The maximum atomic E-state index is 9.19. The predicted octanol–water partition coefficient (Wildman–Crippen LogP) is 3.27. The first-order valence-electron chi connectivity index (χ1n) is 9.67. The topological polar surface area (TPSA) is 73.2 Å². The van der Waals surface area contributed by atoms with Crippen LogP contribution in [0.25, 0.3) is 0 Å². The van der Waals surface area contributed by atoms with E-state index in [1.54, 1.807) is 0 Å². The van der Waals surface area contributed by atoms with Crippen LogP contribution >= 0.6 is 0 Å². The molecular formula is C22H31N3O3S. The van der Waals surface area contributed by atoms with Gasteiger partial charge in [0, 0.05) is 32.7 Å². The summed E-state index contributed by atoms with van der Waals surface area (Å²) in [6, 6.07) is 14.9. The molecule has 1 fully saturated rings. The van der Waals surface area contributed by atoms with Crippen molar-refractivity contribution in [2.24, 2.45) is 5.10 Å². The molecular weight excluding hydrogens is 386 g/mol. The standard InChI is InChI=1S/C21H27N3.CH4O3S/c1-17-13-18(2)21(19(3)14-17)16-23-9-11-24(12-10-23)22-15-20-7-5-4-6-8-20;1-5(2,3)4/h4-8,13-15H,9-12,16H2,1-3H3;1H3,(H,2,3,4)/b22-15+;. The van der Waals surface area contributed by atoms with E-state index >= 15 is 0 Å². The van der Waals surface area contributed by atoms with E-state index in [0.29, 0.717) is 6.26 Å². The molecule has 0 radical (unpaired) electrons. The smallest absolute Gasteiger partial charge is 0.261 e. The van der Waals surface area contributed by atoms with Crippen molar-refractivity contribution < 1.29 is 13.0 Å². The number of hydrogen-bond acceptors (Lipinski definition) is 5. The Morgan fingerprint density at radius 2 is 1.52 bits per heavy atom. The number of hydrazone groups is 1. The number of hydrogen-bond donors (Lipinski definition) is 1. The molecule has 0 spiro atoms. The molecule has 158 valence electrons. The quantitative estimate of drug-likeness (QED) is 0.611. The lowest BCUT2D eigenvalue weighted by atomic mass is 9.99. The van der Waals surface area contributed by atoms with Gasteiger partial charge in [0.2, 0.25) is 0 Å². The number of nitrogens with zero attached hydrogens (tertiary/aromatic N) is 3. The summed E-state index contributed by atoms with van der Waals surface area (Å²) in [4.78, 5) is 2.54. The predicted molar refractivity (Wildman–Crippen MR) is 119 cm³/mol. The van der Waals surface area contributed by atoms with Crippen molar-refractivity contribution in [2.45, 2.75) is 27.3 Å². The van der Waals surface area contributed by atoms with E-state index in [-0.39, 0.29) is 0 Å². The number of rotatable bonds is 4. The lowest BCUT2D eigenvalue weighted by molar-refractivity contribution is 0.131. The van der Waals surface area contributed by atoms with E-state index in [2.05, 4.69) is 60.0 Å². The van der Waals surface area contributed by atoms with E-state index in [9.17, 15) is 8.42 Å². The van der Waals surface area contributed by atoms with Gasteiger partial charge in [0.15, 0.2) is 0 Å². The molecule has 3 rings (SSSR count). The van der Waals surface area contributed by atoms with Gasteiger partial charge in [0.05, 0.1) is 12.5 Å². The first kappa shape index (κ1) is 23.1. The second-order valence-corrected chi connectivity index (χ2v) is 8.96. The highest BCUT2D eigenvalue weighted by Crippen LogP contribution is 2.19. The first-order valence-corrected chi connectivity index (χ1v) is 11.5. The van der Waals surface area contributed by atoms with Crippen LogP contribution in [0.3, 0.4) is 0 Å². The molecule has 1 aliphatic heterocycles. The molecule has 0 bridgehead atoms. The number of aryl methyl sites for hydroxylation is 3. The minimum atomic E-state index is -3.67. The molecule has 1 heterocycles. The van der Waals surface area contributed by atoms with Gasteiger partial charge in [-0.1, -0.05) is 48.0 Å². The minimum Gasteiger partial charge on any atom is -0.295 e. The zero-order valence-electron chi connectivity index (χ0n) is 17.7. The summed E-state index contributed by atoms with van der Waals surface area (Å²) >= 11 is 0. The van der Waals surface area contributed by atoms with Gasteiger partial charge in [-0.05, 0) is 43.0 Å². The van der Waals surface area contributed by atoms with Crippen LogP contribution in [0, 0.1) is 20.8 Å². The maximum absolute atomic E-state index is 9.19. The molecule has 6 nitrogen and oxygen atoms in total. The van der Waals surface area contributed by atoms with Crippen LogP contribution in [0.1, 0.15) is 27.8 Å². The van der Waals surface area contributed by atoms with Gasteiger partial charge in [-0.15, -0.1) is 0 Å². The van der Waals surface area contributed by atoms with Gasteiger partial charge in [0.1, 0.15) is 0 Å². The third-order valence-corrected chi connectivity index (χ3v) is 4.74. The van der Waals surface area contributed by atoms with E-state index < -0.39 is 10.1 Å². The summed E-state index contributed by atoms with van der Waals surface area (Å²) in [6.45, 7) is 11.8. The Hall–Kier alpha value is -2.22. The lowest BCUT2D eigenvalue weighted by Crippen LogP contribution is -2.43. The summed E-state index contributed by atoms with van der Waals surface area (Å²) in [5, 5.41) is 6.80. The van der Waals surface area contributed by atoms with Crippen LogP contribution in [-0.4, -0.2) is 61.5 Å². The van der Waals surface area contributed by atoms with E-state index in [4.69, 9.17) is 4.55 Å². The molecule has 0 unspecified atom stereocenters. The summed E-state index contributed by atoms with van der Waals surface area (Å²) in [7, 11) is -3.67. The molecule has 1 aliphatic rings. The van der Waals surface area contributed by atoms with E-state index in [1.165, 1.54) is 22.3 Å². The van der Waals surface area contributed by atoms with Crippen LogP contribution in [0.5, 0.6) is 0 Å². The van der Waals surface area contributed by atoms with Crippen LogP contribution in [0.2, 0.25) is 0 Å². The second-order valence-electron chi connectivity index (χ2n) is 7.50. The van der Waals surface area contributed by atoms with Crippen molar-refractivity contribution in [3.05, 3.63) is 70.3 Å². The van der Waals surface area contributed by atoms with Gasteiger partial charge in [-0.25, -0.2) is 0 Å². The molecule has 2 aromatic rings. The first-order chi connectivity index (χ1) is 13.6. The Kier molecular flexibility index (Phi) is 8.37. The average Bonchev–Trinajstić information content (AvgIpc) is 2.63. The molecule has 29 heavy (non-hydrogen) atoms. The largest absolute Gasteiger partial charge is 0.295 e. The fourth-order valence-electron chi connectivity index (χ4n) is 3.38. The zero-order chi connectivity index (χ0) is 21.4. The average molecular weight is 418 g/mol. The summed E-state index contributed by atoms with van der Waals surface area (Å²) in [6.07, 6.45) is 2.68. The fraction of sp³-hybridized carbons (Fsp3) is 0.409. The van der Waals surface area contributed by atoms with Crippen molar-refractivity contribution in [3.63, 3.8) is 0 Å². The zero-order valence-corrected chi connectivity index (χ0v) is 18.5. The Labute approximate surface area is 174 Å². The molecule has 1 saturated heterocycles. The molecule has 2 aromatic carbocycles. The highest BCUT2D eigenvalue weighted by molar-refractivity contribution is 7.85. The van der Waals surface area contributed by atoms with Gasteiger partial charge in [0.25, 0.3) is 10.1 Å². The Morgan fingerprint density at radius 1 is 1.00 bits per heavy atom. The van der Waals surface area contributed by atoms with Crippen molar-refractivity contribution in [3.8, 4) is 0 Å². The Morgan fingerprint density at radius 3 is 2.03 bits per heavy atom. The molecule has 7 heteroatoms. The van der Waals surface area contributed by atoms with Crippen molar-refractivity contribution in [1.29, 1.82) is 0 Å². The van der Waals surface area contributed by atoms with Crippen molar-refractivity contribution in [2.75, 3.05) is 32.4 Å². The van der Waals surface area contributed by atoms with Gasteiger partial charge >= 0.3 is 0 Å². The second kappa shape index (κ2) is 10.5. The molecule has 1 N–H and O–H groups in total. The highest BCUT2D eigenvalue weighted by atomic mass is 32.2. The van der Waals surface area contributed by atoms with Gasteiger partial charge < -0.3 is 0 Å². The monoisotopic (exact) mass is 417 g/mol. The third kappa shape index (κ3) is 8.77. The summed E-state index contributed by atoms with van der Waals surface area (Å²) in [5.74, 6) is 0. The Bertz CT molecular complexity index is 889. The summed E-state index contributed by atoms with van der Waals surface area (Å²) < 4.78 is 25.9. The van der Waals surface area contributed by atoms with Crippen molar-refractivity contribution >= 4 is 16.3 Å². The van der Waals surface area contributed by atoms with Gasteiger partial charge in [-0.3, -0.25) is 14.5 Å². The van der Waals surface area contributed by atoms with E-state index in [0.717, 1.165) is 38.3 Å². The fourth-order valence-corrected chi connectivity index (χ4v) is 3.38.